The molecule has 0 radical (unpaired) electrons. The maximum Gasteiger partial charge on any atom is 0.273 e. The Labute approximate surface area is 129 Å². The van der Waals surface area contributed by atoms with Crippen LogP contribution in [0.5, 0.6) is 0 Å². The molecule has 1 heterocycles. The zero-order chi connectivity index (χ0) is 15.9. The Hall–Kier alpha value is -1.92. The van der Waals surface area contributed by atoms with Crippen molar-refractivity contribution >= 4 is 5.91 Å². The predicted octanol–water partition coefficient (Wildman–Crippen LogP) is 1.89. The molecule has 2 rings (SSSR count). The van der Waals surface area contributed by atoms with Gasteiger partial charge in [0.25, 0.3) is 5.91 Å². The third kappa shape index (κ3) is 4.54. The second kappa shape index (κ2) is 7.91. The average Bonchev–Trinajstić information content (AvgIpc) is 2.87. The highest BCUT2D eigenvalue weighted by Gasteiger charge is 2.18. The van der Waals surface area contributed by atoms with Gasteiger partial charge in [0.15, 0.2) is 11.5 Å². The van der Waals surface area contributed by atoms with E-state index in [-0.39, 0.29) is 24.8 Å². The summed E-state index contributed by atoms with van der Waals surface area (Å²) in [6.07, 6.45) is 7.87. The topological polar surface area (TPSA) is 84.6 Å². The highest BCUT2D eigenvalue weighted by atomic mass is 16.5. The lowest BCUT2D eigenvalue weighted by atomic mass is 10.1. The maximum atomic E-state index is 11.9. The first-order valence-corrected chi connectivity index (χ1v) is 7.42. The van der Waals surface area contributed by atoms with Crippen LogP contribution in [0.4, 0.5) is 0 Å². The smallest absolute Gasteiger partial charge is 0.273 e. The summed E-state index contributed by atoms with van der Waals surface area (Å²) in [4.78, 5) is 11.9. The molecule has 1 atom stereocenters. The minimum absolute atomic E-state index is 0.178. The first-order valence-electron chi connectivity index (χ1n) is 7.42. The van der Waals surface area contributed by atoms with Crippen LogP contribution in [0.3, 0.4) is 0 Å². The van der Waals surface area contributed by atoms with E-state index in [1.165, 1.54) is 0 Å². The Kier molecular flexibility index (Phi) is 5.91. The van der Waals surface area contributed by atoms with E-state index in [4.69, 9.17) is 9.26 Å². The second-order valence-electron chi connectivity index (χ2n) is 5.39. The van der Waals surface area contributed by atoms with Crippen LogP contribution in [0.1, 0.15) is 41.6 Å². The Morgan fingerprint density at radius 3 is 3.00 bits per heavy atom. The van der Waals surface area contributed by atoms with Crippen molar-refractivity contribution < 1.29 is 19.2 Å². The molecule has 1 aliphatic carbocycles. The Bertz CT molecular complexity index is 573. The summed E-state index contributed by atoms with van der Waals surface area (Å²) in [6.45, 7) is 4.33. The fourth-order valence-electron chi connectivity index (χ4n) is 2.08. The normalized spacial score (nSPS) is 15.5. The highest BCUT2D eigenvalue weighted by Crippen LogP contribution is 2.15. The van der Waals surface area contributed by atoms with Crippen LogP contribution >= 0.6 is 0 Å². The molecule has 0 bridgehead atoms. The van der Waals surface area contributed by atoms with E-state index in [1.807, 2.05) is 0 Å². The molecule has 1 unspecified atom stereocenters. The van der Waals surface area contributed by atoms with Crippen molar-refractivity contribution in [1.82, 2.24) is 10.5 Å². The Balaban J connectivity index is 1.86. The molecule has 2 N–H and O–H groups in total. The number of allylic oxidation sites excluding steroid dienone is 2. The van der Waals surface area contributed by atoms with Gasteiger partial charge in [0, 0.05) is 12.1 Å². The Morgan fingerprint density at radius 1 is 1.50 bits per heavy atom. The van der Waals surface area contributed by atoms with E-state index in [9.17, 15) is 9.90 Å². The lowest BCUT2D eigenvalue weighted by molar-refractivity contribution is 0.0913. The summed E-state index contributed by atoms with van der Waals surface area (Å²) in [5.74, 6) is 0.189. The van der Waals surface area contributed by atoms with Gasteiger partial charge in [0.1, 0.15) is 6.61 Å². The number of hydrogen-bond donors (Lipinski definition) is 2. The van der Waals surface area contributed by atoms with E-state index in [2.05, 4.69) is 28.7 Å². The van der Waals surface area contributed by atoms with Gasteiger partial charge in [0.05, 0.1) is 12.7 Å². The SMILES string of the molecule is Cc1c(C(=O)NCC(C)O)noc1COCC1=CCCC=C1. The molecule has 1 amide bonds. The first kappa shape index (κ1) is 16.5. The van der Waals surface area contributed by atoms with Crippen molar-refractivity contribution in [3.05, 3.63) is 40.8 Å². The molecule has 0 saturated carbocycles. The summed E-state index contributed by atoms with van der Waals surface area (Å²) < 4.78 is 10.8. The molecule has 1 aromatic rings. The van der Waals surface area contributed by atoms with Gasteiger partial charge in [-0.15, -0.1) is 0 Å². The quantitative estimate of drug-likeness (QED) is 0.803. The third-order valence-electron chi connectivity index (χ3n) is 3.37. The van der Waals surface area contributed by atoms with Crippen LogP contribution in [-0.2, 0) is 11.3 Å². The van der Waals surface area contributed by atoms with Crippen molar-refractivity contribution in [1.29, 1.82) is 0 Å². The number of nitrogens with one attached hydrogen (secondary N) is 1. The fourth-order valence-corrected chi connectivity index (χ4v) is 2.08. The third-order valence-corrected chi connectivity index (χ3v) is 3.37. The van der Waals surface area contributed by atoms with Gasteiger partial charge >= 0.3 is 0 Å². The van der Waals surface area contributed by atoms with Crippen LogP contribution in [0, 0.1) is 6.92 Å². The summed E-state index contributed by atoms with van der Waals surface area (Å²) >= 11 is 0. The zero-order valence-electron chi connectivity index (χ0n) is 13.0. The van der Waals surface area contributed by atoms with Gasteiger partial charge in [-0.25, -0.2) is 0 Å². The number of hydrogen-bond acceptors (Lipinski definition) is 5. The van der Waals surface area contributed by atoms with Crippen molar-refractivity contribution in [2.45, 2.75) is 39.4 Å². The molecule has 1 aliphatic rings. The van der Waals surface area contributed by atoms with Crippen LogP contribution < -0.4 is 5.32 Å². The van der Waals surface area contributed by atoms with Crippen LogP contribution in [0.25, 0.3) is 0 Å². The molecule has 6 heteroatoms. The molecule has 1 aromatic heterocycles. The van der Waals surface area contributed by atoms with Crippen molar-refractivity contribution in [2.24, 2.45) is 0 Å². The minimum atomic E-state index is -0.601. The first-order chi connectivity index (χ1) is 10.6. The number of carbonyl (C=O) groups excluding carboxylic acids is 1. The number of carbonyl (C=O) groups is 1. The average molecular weight is 306 g/mol. The summed E-state index contributed by atoms with van der Waals surface area (Å²) in [5.41, 5.74) is 2.05. The van der Waals surface area contributed by atoms with Gasteiger partial charge in [-0.2, -0.15) is 0 Å². The number of aliphatic hydroxyl groups excluding tert-OH is 1. The van der Waals surface area contributed by atoms with Crippen molar-refractivity contribution in [3.8, 4) is 0 Å². The maximum absolute atomic E-state index is 11.9. The summed E-state index contributed by atoms with van der Waals surface area (Å²) in [7, 11) is 0. The van der Waals surface area contributed by atoms with Crippen molar-refractivity contribution in [2.75, 3.05) is 13.2 Å². The Morgan fingerprint density at radius 2 is 2.32 bits per heavy atom. The monoisotopic (exact) mass is 306 g/mol. The van der Waals surface area contributed by atoms with Crippen LogP contribution in [0.15, 0.2) is 28.3 Å². The molecule has 22 heavy (non-hydrogen) atoms. The predicted molar refractivity (Wildman–Crippen MR) is 81.4 cm³/mol. The molecule has 0 saturated heterocycles. The number of nitrogens with zero attached hydrogens (tertiary/aromatic N) is 1. The van der Waals surface area contributed by atoms with Gasteiger partial charge in [-0.05, 0) is 32.3 Å². The van der Waals surface area contributed by atoms with E-state index >= 15 is 0 Å². The van der Waals surface area contributed by atoms with Gasteiger partial charge in [-0.3, -0.25) is 4.79 Å². The van der Waals surface area contributed by atoms with E-state index in [0.717, 1.165) is 18.4 Å². The lowest BCUT2D eigenvalue weighted by Crippen LogP contribution is -2.31. The highest BCUT2D eigenvalue weighted by molar-refractivity contribution is 5.93. The molecular weight excluding hydrogens is 284 g/mol. The number of amides is 1. The fraction of sp³-hybridized carbons (Fsp3) is 0.500. The minimum Gasteiger partial charge on any atom is -0.392 e. The van der Waals surface area contributed by atoms with E-state index in [0.29, 0.717) is 17.9 Å². The lowest BCUT2D eigenvalue weighted by Gasteiger charge is -2.07. The number of rotatable bonds is 7. The molecular formula is C16H22N2O4. The molecule has 0 spiro atoms. The van der Waals surface area contributed by atoms with E-state index in [1.54, 1.807) is 13.8 Å². The largest absolute Gasteiger partial charge is 0.392 e. The standard InChI is InChI=1S/C16H22N2O4/c1-11(19)8-17-16(20)15-12(2)14(22-18-15)10-21-9-13-6-4-3-5-7-13/h4,6-7,11,19H,3,5,8-10H2,1-2H3,(H,17,20). The van der Waals surface area contributed by atoms with Crippen LogP contribution in [-0.4, -0.2) is 35.4 Å². The van der Waals surface area contributed by atoms with E-state index < -0.39 is 6.10 Å². The second-order valence-corrected chi connectivity index (χ2v) is 5.39. The van der Waals surface area contributed by atoms with Gasteiger partial charge in [0.2, 0.25) is 0 Å². The molecule has 0 aliphatic heterocycles. The molecule has 0 aromatic carbocycles. The molecule has 120 valence electrons. The zero-order valence-corrected chi connectivity index (χ0v) is 13.0. The number of aliphatic hydroxyl groups is 1. The van der Waals surface area contributed by atoms with Gasteiger partial charge in [-0.1, -0.05) is 23.4 Å². The van der Waals surface area contributed by atoms with Crippen LogP contribution in [0.2, 0.25) is 0 Å². The van der Waals surface area contributed by atoms with Crippen molar-refractivity contribution in [3.63, 3.8) is 0 Å². The summed E-state index contributed by atoms with van der Waals surface area (Å²) in [5, 5.41) is 15.5. The number of ether oxygens (including phenoxy) is 1. The molecule has 6 nitrogen and oxygen atoms in total. The van der Waals surface area contributed by atoms with Gasteiger partial charge < -0.3 is 19.7 Å². The number of aromatic nitrogens is 1. The summed E-state index contributed by atoms with van der Waals surface area (Å²) in [6, 6.07) is 0. The molecule has 0 fully saturated rings.